The molecule has 0 amide bonds. The van der Waals surface area contributed by atoms with Crippen molar-refractivity contribution >= 4 is 19.7 Å². The zero-order valence-corrected chi connectivity index (χ0v) is 12.4. The topological polar surface area (TPSA) is 18.5 Å². The fourth-order valence-corrected chi connectivity index (χ4v) is 5.43. The minimum atomic E-state index is -1.78. The van der Waals surface area contributed by atoms with Gasteiger partial charge in [0.2, 0.25) is 0 Å². The van der Waals surface area contributed by atoms with Gasteiger partial charge in [-0.2, -0.15) is 0 Å². The van der Waals surface area contributed by atoms with Crippen molar-refractivity contribution in [2.75, 3.05) is 0 Å². The van der Waals surface area contributed by atoms with Crippen LogP contribution in [0.4, 0.5) is 0 Å². The predicted octanol–water partition coefficient (Wildman–Crippen LogP) is 2.29. The molecular formula is C13H19AsO2. The fourth-order valence-electron chi connectivity index (χ4n) is 1.42. The molecule has 1 fully saturated rings. The van der Waals surface area contributed by atoms with Gasteiger partial charge in [0.1, 0.15) is 0 Å². The van der Waals surface area contributed by atoms with Gasteiger partial charge in [0.15, 0.2) is 0 Å². The molecular weight excluding hydrogens is 263 g/mol. The Hall–Kier alpha value is -0.302. The van der Waals surface area contributed by atoms with Crippen LogP contribution in [0, 0.1) is 6.92 Å². The molecule has 3 heteroatoms. The standard InChI is InChI=1S/C13H19AsO2/c1-10-6-8-11(9-7-10)14-15-12(2,3)13(4,5)16-14/h6-9H,1-5H3. The van der Waals surface area contributed by atoms with Gasteiger partial charge in [0.25, 0.3) is 0 Å². The minimum absolute atomic E-state index is 0.197. The number of aryl methyl sites for hydroxylation is 1. The Bertz CT molecular complexity index is 365. The van der Waals surface area contributed by atoms with E-state index in [0.29, 0.717) is 0 Å². The van der Waals surface area contributed by atoms with Gasteiger partial charge in [-0.3, -0.25) is 0 Å². The fraction of sp³-hybridized carbons (Fsp3) is 0.538. The van der Waals surface area contributed by atoms with E-state index in [0.717, 1.165) is 0 Å². The van der Waals surface area contributed by atoms with E-state index in [4.69, 9.17) is 7.45 Å². The molecule has 0 bridgehead atoms. The number of benzene rings is 1. The van der Waals surface area contributed by atoms with E-state index in [1.165, 1.54) is 9.91 Å². The first-order chi connectivity index (χ1) is 7.32. The first-order valence-corrected chi connectivity index (χ1v) is 8.04. The third-order valence-corrected chi connectivity index (χ3v) is 7.44. The zero-order valence-electron chi connectivity index (χ0n) is 10.6. The molecule has 0 aliphatic carbocycles. The van der Waals surface area contributed by atoms with E-state index < -0.39 is 15.3 Å². The average Bonchev–Trinajstić information content (AvgIpc) is 2.37. The third-order valence-electron chi connectivity index (χ3n) is 3.32. The van der Waals surface area contributed by atoms with Crippen molar-refractivity contribution < 1.29 is 7.45 Å². The van der Waals surface area contributed by atoms with Crippen LogP contribution < -0.4 is 4.35 Å². The van der Waals surface area contributed by atoms with E-state index in [-0.39, 0.29) is 11.2 Å². The zero-order chi connectivity index (χ0) is 12.0. The molecule has 1 aromatic rings. The summed E-state index contributed by atoms with van der Waals surface area (Å²) in [7, 11) is 0. The second-order valence-corrected chi connectivity index (χ2v) is 8.22. The quantitative estimate of drug-likeness (QED) is 0.736. The number of rotatable bonds is 1. The van der Waals surface area contributed by atoms with Crippen LogP contribution in [0.15, 0.2) is 24.3 Å². The molecule has 1 aliphatic heterocycles. The molecule has 88 valence electrons. The van der Waals surface area contributed by atoms with Crippen LogP contribution in [0.25, 0.3) is 0 Å². The van der Waals surface area contributed by atoms with Crippen molar-refractivity contribution in [1.29, 1.82) is 0 Å². The summed E-state index contributed by atoms with van der Waals surface area (Å²) in [6, 6.07) is 8.50. The first-order valence-electron chi connectivity index (χ1n) is 5.57. The summed E-state index contributed by atoms with van der Waals surface area (Å²) in [5, 5.41) is 0. The van der Waals surface area contributed by atoms with Crippen molar-refractivity contribution in [3.63, 3.8) is 0 Å². The number of hydrogen-bond donors (Lipinski definition) is 0. The summed E-state index contributed by atoms with van der Waals surface area (Å²) in [4.78, 5) is 0. The maximum atomic E-state index is 6.11. The number of hydrogen-bond acceptors (Lipinski definition) is 2. The average molecular weight is 282 g/mol. The normalized spacial score (nSPS) is 23.6. The van der Waals surface area contributed by atoms with Crippen molar-refractivity contribution in [3.05, 3.63) is 29.8 Å². The maximum absolute atomic E-state index is 6.11. The van der Waals surface area contributed by atoms with Crippen LogP contribution in [-0.4, -0.2) is 26.5 Å². The first kappa shape index (κ1) is 12.2. The molecule has 16 heavy (non-hydrogen) atoms. The van der Waals surface area contributed by atoms with E-state index in [1.54, 1.807) is 0 Å². The van der Waals surface area contributed by atoms with Gasteiger partial charge in [-0.1, -0.05) is 0 Å². The van der Waals surface area contributed by atoms with Gasteiger partial charge >= 0.3 is 103 Å². The van der Waals surface area contributed by atoms with Gasteiger partial charge in [-0.05, 0) is 0 Å². The van der Waals surface area contributed by atoms with Gasteiger partial charge in [-0.25, -0.2) is 0 Å². The van der Waals surface area contributed by atoms with Gasteiger partial charge < -0.3 is 0 Å². The predicted molar refractivity (Wildman–Crippen MR) is 66.9 cm³/mol. The summed E-state index contributed by atoms with van der Waals surface area (Å²) in [5.41, 5.74) is 0.880. The summed E-state index contributed by atoms with van der Waals surface area (Å²) in [6.45, 7) is 10.5. The Morgan fingerprint density at radius 3 is 1.75 bits per heavy atom. The molecule has 0 N–H and O–H groups in total. The molecule has 0 atom stereocenters. The van der Waals surface area contributed by atoms with Crippen LogP contribution >= 0.6 is 0 Å². The Labute approximate surface area is 103 Å². The van der Waals surface area contributed by atoms with E-state index >= 15 is 0 Å². The molecule has 0 unspecified atom stereocenters. The van der Waals surface area contributed by atoms with Gasteiger partial charge in [0, 0.05) is 0 Å². The summed E-state index contributed by atoms with van der Waals surface area (Å²) in [5.74, 6) is 0. The molecule has 1 heterocycles. The van der Waals surface area contributed by atoms with Crippen molar-refractivity contribution in [3.8, 4) is 0 Å². The molecule has 1 aromatic carbocycles. The Morgan fingerprint density at radius 2 is 1.31 bits per heavy atom. The summed E-state index contributed by atoms with van der Waals surface area (Å²) < 4.78 is 13.5. The van der Waals surface area contributed by atoms with E-state index in [2.05, 4.69) is 58.9 Å². The molecule has 2 nitrogen and oxygen atoms in total. The van der Waals surface area contributed by atoms with Crippen molar-refractivity contribution in [2.24, 2.45) is 0 Å². The van der Waals surface area contributed by atoms with Crippen LogP contribution in [0.5, 0.6) is 0 Å². The summed E-state index contributed by atoms with van der Waals surface area (Å²) in [6.07, 6.45) is 0. The Morgan fingerprint density at radius 1 is 0.875 bits per heavy atom. The summed E-state index contributed by atoms with van der Waals surface area (Å²) >= 11 is -1.78. The van der Waals surface area contributed by atoms with Gasteiger partial charge in [-0.15, -0.1) is 0 Å². The van der Waals surface area contributed by atoms with Crippen LogP contribution in [0.2, 0.25) is 0 Å². The molecule has 2 rings (SSSR count). The Balaban J connectivity index is 2.23. The van der Waals surface area contributed by atoms with Crippen LogP contribution in [-0.2, 0) is 7.45 Å². The van der Waals surface area contributed by atoms with Crippen molar-refractivity contribution in [2.45, 2.75) is 45.8 Å². The molecule has 1 aliphatic rings. The molecule has 0 radical (unpaired) electrons. The SMILES string of the molecule is Cc1ccc([As]2OC(C)(C)C(C)(C)O2)cc1. The van der Waals surface area contributed by atoms with E-state index in [1.807, 2.05) is 0 Å². The monoisotopic (exact) mass is 282 g/mol. The molecule has 0 saturated carbocycles. The van der Waals surface area contributed by atoms with Crippen molar-refractivity contribution in [1.82, 2.24) is 0 Å². The van der Waals surface area contributed by atoms with Crippen LogP contribution in [0.1, 0.15) is 33.3 Å². The van der Waals surface area contributed by atoms with Gasteiger partial charge in [0.05, 0.1) is 0 Å². The second-order valence-electron chi connectivity index (χ2n) is 5.30. The Kier molecular flexibility index (Phi) is 2.94. The van der Waals surface area contributed by atoms with Crippen LogP contribution in [0.3, 0.4) is 0 Å². The third kappa shape index (κ3) is 2.07. The molecule has 0 aromatic heterocycles. The molecule has 1 saturated heterocycles. The van der Waals surface area contributed by atoms with E-state index in [9.17, 15) is 0 Å². The second kappa shape index (κ2) is 3.87. The molecule has 0 spiro atoms.